The van der Waals surface area contributed by atoms with E-state index in [2.05, 4.69) is 52.2 Å². The minimum absolute atomic E-state index is 1.14. The Balaban J connectivity index is 2.36. The molecule has 0 fully saturated rings. The van der Waals surface area contributed by atoms with Crippen LogP contribution in [0.3, 0.4) is 0 Å². The van der Waals surface area contributed by atoms with E-state index in [9.17, 15) is 0 Å². The van der Waals surface area contributed by atoms with Gasteiger partial charge in [-0.3, -0.25) is 0 Å². The summed E-state index contributed by atoms with van der Waals surface area (Å²) in [6.45, 7) is 11.3. The lowest BCUT2D eigenvalue weighted by Gasteiger charge is -2.01. The molecule has 2 heteroatoms. The summed E-state index contributed by atoms with van der Waals surface area (Å²) in [5.41, 5.74) is 6.19. The van der Waals surface area contributed by atoms with E-state index >= 15 is 0 Å². The largest absolute Gasteiger partial charge is 0.144 e. The molecule has 0 radical (unpaired) electrons. The molecule has 2 aromatic heterocycles. The molecular formula is C19H26S2. The molecule has 114 valence electrons. The first-order valence-corrected chi connectivity index (χ1v) is 9.74. The van der Waals surface area contributed by atoms with E-state index in [1.165, 1.54) is 20.2 Å². The quantitative estimate of drug-likeness (QED) is 0.567. The summed E-state index contributed by atoms with van der Waals surface area (Å²) in [7, 11) is 0. The molecular weight excluding hydrogens is 292 g/mol. The van der Waals surface area contributed by atoms with Gasteiger partial charge in [-0.1, -0.05) is 27.7 Å². The maximum absolute atomic E-state index is 2.35. The van der Waals surface area contributed by atoms with E-state index in [1.807, 2.05) is 22.7 Å². The van der Waals surface area contributed by atoms with Crippen molar-refractivity contribution in [2.24, 2.45) is 0 Å². The Hall–Kier alpha value is -0.860. The van der Waals surface area contributed by atoms with Crippen molar-refractivity contribution < 1.29 is 0 Å². The number of thiophene rings is 2. The average molecular weight is 319 g/mol. The molecule has 21 heavy (non-hydrogen) atoms. The van der Waals surface area contributed by atoms with E-state index in [1.54, 1.807) is 16.7 Å². The maximum Gasteiger partial charge on any atom is 0.0308 e. The average Bonchev–Trinajstić information content (AvgIpc) is 3.03. The number of hydrogen-bond donors (Lipinski definition) is 0. The van der Waals surface area contributed by atoms with E-state index in [0.717, 1.165) is 25.7 Å². The van der Waals surface area contributed by atoms with Crippen LogP contribution >= 0.6 is 22.7 Å². The molecule has 0 saturated heterocycles. The van der Waals surface area contributed by atoms with Gasteiger partial charge in [0.15, 0.2) is 0 Å². The molecule has 0 aliphatic rings. The predicted molar refractivity (Wildman–Crippen MR) is 99.8 cm³/mol. The van der Waals surface area contributed by atoms with Crippen molar-refractivity contribution in [2.45, 2.75) is 60.3 Å². The molecule has 0 saturated carbocycles. The molecule has 0 nitrogen and oxygen atoms in total. The van der Waals surface area contributed by atoms with Gasteiger partial charge in [-0.05, 0) is 72.4 Å². The van der Waals surface area contributed by atoms with Gasteiger partial charge in [0.2, 0.25) is 0 Å². The van der Waals surface area contributed by atoms with Gasteiger partial charge in [0.05, 0.1) is 0 Å². The van der Waals surface area contributed by atoms with Crippen molar-refractivity contribution >= 4 is 34.8 Å². The van der Waals surface area contributed by atoms with E-state index < -0.39 is 0 Å². The first-order chi connectivity index (χ1) is 10.2. The highest BCUT2D eigenvalue weighted by Gasteiger charge is 2.11. The Labute approximate surface area is 137 Å². The van der Waals surface area contributed by atoms with Crippen LogP contribution in [0, 0.1) is 6.92 Å². The summed E-state index contributed by atoms with van der Waals surface area (Å²) in [5.74, 6) is 0. The van der Waals surface area contributed by atoms with Gasteiger partial charge >= 0.3 is 0 Å². The van der Waals surface area contributed by atoms with Gasteiger partial charge in [0.25, 0.3) is 0 Å². The van der Waals surface area contributed by atoms with E-state index in [-0.39, 0.29) is 0 Å². The van der Waals surface area contributed by atoms with Crippen molar-refractivity contribution in [1.82, 2.24) is 0 Å². The van der Waals surface area contributed by atoms with Crippen LogP contribution in [-0.2, 0) is 25.7 Å². The fraction of sp³-hybridized carbons (Fsp3) is 0.474. The van der Waals surface area contributed by atoms with Crippen LogP contribution in [0.2, 0.25) is 0 Å². The van der Waals surface area contributed by atoms with Crippen molar-refractivity contribution in [1.29, 1.82) is 0 Å². The fourth-order valence-corrected chi connectivity index (χ4v) is 5.45. The van der Waals surface area contributed by atoms with Crippen molar-refractivity contribution in [3.63, 3.8) is 0 Å². The standard InChI is InChI=1S/C19H26S2/c1-6-14-12-20-18(16(14)8-3)10-11-19-17(9-4)15(7-2)13(5)21-19/h10-12H,6-9H2,1-5H3/b11-10+. The molecule has 0 unspecified atom stereocenters. The van der Waals surface area contributed by atoms with Crippen molar-refractivity contribution in [3.05, 3.63) is 42.3 Å². The Morgan fingerprint density at radius 3 is 2.00 bits per heavy atom. The van der Waals surface area contributed by atoms with Gasteiger partial charge in [-0.2, -0.15) is 0 Å². The zero-order chi connectivity index (χ0) is 15.4. The molecule has 0 aliphatic carbocycles. The minimum Gasteiger partial charge on any atom is -0.144 e. The van der Waals surface area contributed by atoms with Crippen LogP contribution in [0.5, 0.6) is 0 Å². The van der Waals surface area contributed by atoms with Gasteiger partial charge in [-0.25, -0.2) is 0 Å². The molecule has 0 atom stereocenters. The SMILES string of the molecule is CCc1csc(/C=C/c2sc(C)c(CC)c2CC)c1CC. The van der Waals surface area contributed by atoms with Crippen LogP contribution in [0.15, 0.2) is 5.38 Å². The minimum atomic E-state index is 1.14. The van der Waals surface area contributed by atoms with Crippen LogP contribution in [0.1, 0.15) is 64.6 Å². The summed E-state index contributed by atoms with van der Waals surface area (Å²) in [6, 6.07) is 0. The normalized spacial score (nSPS) is 11.7. The van der Waals surface area contributed by atoms with Crippen LogP contribution < -0.4 is 0 Å². The number of rotatable bonds is 6. The summed E-state index contributed by atoms with van der Waals surface area (Å²) < 4.78 is 0. The highest BCUT2D eigenvalue weighted by atomic mass is 32.1. The first-order valence-electron chi connectivity index (χ1n) is 8.04. The van der Waals surface area contributed by atoms with Gasteiger partial charge in [-0.15, -0.1) is 22.7 Å². The summed E-state index contributed by atoms with van der Waals surface area (Å²) >= 11 is 3.85. The van der Waals surface area contributed by atoms with Crippen molar-refractivity contribution in [2.75, 3.05) is 0 Å². The molecule has 0 spiro atoms. The van der Waals surface area contributed by atoms with Crippen LogP contribution in [0.4, 0.5) is 0 Å². The highest BCUT2D eigenvalue weighted by Crippen LogP contribution is 2.32. The molecule has 2 heterocycles. The van der Waals surface area contributed by atoms with Crippen LogP contribution in [0.25, 0.3) is 12.2 Å². The molecule has 0 aliphatic heterocycles. The smallest absolute Gasteiger partial charge is 0.0308 e. The second-order valence-corrected chi connectivity index (χ2v) is 7.50. The Morgan fingerprint density at radius 1 is 0.810 bits per heavy atom. The maximum atomic E-state index is 2.35. The molecule has 0 N–H and O–H groups in total. The highest BCUT2D eigenvalue weighted by molar-refractivity contribution is 7.13. The number of aryl methyl sites for hydroxylation is 2. The molecule has 2 rings (SSSR count). The zero-order valence-electron chi connectivity index (χ0n) is 13.9. The monoisotopic (exact) mass is 318 g/mol. The topological polar surface area (TPSA) is 0 Å². The van der Waals surface area contributed by atoms with Gasteiger partial charge in [0.1, 0.15) is 0 Å². The molecule has 2 aromatic rings. The van der Waals surface area contributed by atoms with Crippen LogP contribution in [-0.4, -0.2) is 0 Å². The summed E-state index contributed by atoms with van der Waals surface area (Å²) in [4.78, 5) is 4.39. The Morgan fingerprint density at radius 2 is 1.43 bits per heavy atom. The first kappa shape index (κ1) is 16.5. The zero-order valence-corrected chi connectivity index (χ0v) is 15.5. The Bertz CT molecular complexity index is 626. The predicted octanol–water partition coefficient (Wildman–Crippen LogP) is 6.54. The third kappa shape index (κ3) is 3.32. The summed E-state index contributed by atoms with van der Waals surface area (Å²) in [6.07, 6.45) is 9.26. The lowest BCUT2D eigenvalue weighted by Crippen LogP contribution is -1.89. The number of hydrogen-bond acceptors (Lipinski definition) is 2. The summed E-state index contributed by atoms with van der Waals surface area (Å²) in [5, 5.41) is 2.33. The molecule has 0 amide bonds. The molecule has 0 bridgehead atoms. The third-order valence-electron chi connectivity index (χ3n) is 4.19. The van der Waals surface area contributed by atoms with Crippen molar-refractivity contribution in [3.8, 4) is 0 Å². The lowest BCUT2D eigenvalue weighted by atomic mass is 10.0. The third-order valence-corrected chi connectivity index (χ3v) is 6.38. The van der Waals surface area contributed by atoms with E-state index in [4.69, 9.17) is 0 Å². The van der Waals surface area contributed by atoms with E-state index in [0.29, 0.717) is 0 Å². The fourth-order valence-electron chi connectivity index (χ4n) is 3.06. The van der Waals surface area contributed by atoms with Gasteiger partial charge < -0.3 is 0 Å². The second-order valence-electron chi connectivity index (χ2n) is 5.33. The van der Waals surface area contributed by atoms with Gasteiger partial charge in [0, 0.05) is 14.6 Å². The second kappa shape index (κ2) is 7.42. The molecule has 0 aromatic carbocycles. The lowest BCUT2D eigenvalue weighted by molar-refractivity contribution is 1.04. The Kier molecular flexibility index (Phi) is 5.83.